The van der Waals surface area contributed by atoms with Crippen molar-refractivity contribution in [3.8, 4) is 0 Å². The molecule has 0 aliphatic heterocycles. The van der Waals surface area contributed by atoms with Crippen LogP contribution < -0.4 is 5.32 Å². The predicted octanol–water partition coefficient (Wildman–Crippen LogP) is 1.29. The van der Waals surface area contributed by atoms with E-state index in [1.165, 1.54) is 5.32 Å². The van der Waals surface area contributed by atoms with Crippen LogP contribution in [0.5, 0.6) is 0 Å². The summed E-state index contributed by atoms with van der Waals surface area (Å²) in [6.45, 7) is 0. The first-order chi connectivity index (χ1) is 8.93. The Labute approximate surface area is 111 Å². The fraction of sp³-hybridized carbons (Fsp3) is 0.200. The van der Waals surface area contributed by atoms with Gasteiger partial charge in [0, 0.05) is 6.26 Å². The molecule has 110 valence electrons. The zero-order valence-electron chi connectivity index (χ0n) is 9.85. The summed E-state index contributed by atoms with van der Waals surface area (Å²) in [7, 11) is -3.76. The molecule has 0 spiro atoms. The molecule has 2 N–H and O–H groups in total. The number of nitrogens with one attached hydrogen (secondary N) is 1. The number of amides is 1. The molecule has 0 fully saturated rings. The van der Waals surface area contributed by atoms with Crippen LogP contribution >= 0.6 is 0 Å². The van der Waals surface area contributed by atoms with Crippen molar-refractivity contribution in [2.75, 3.05) is 11.6 Å². The Morgan fingerprint density at radius 3 is 2.20 bits per heavy atom. The van der Waals surface area contributed by atoms with Gasteiger partial charge in [-0.2, -0.15) is 13.2 Å². The molecule has 1 aromatic carbocycles. The van der Waals surface area contributed by atoms with Crippen molar-refractivity contribution in [2.24, 2.45) is 0 Å². The minimum absolute atomic E-state index is 0.417. The zero-order chi connectivity index (χ0) is 15.7. The third kappa shape index (κ3) is 3.70. The summed E-state index contributed by atoms with van der Waals surface area (Å²) < 4.78 is 58.9. The third-order valence-electron chi connectivity index (χ3n) is 2.16. The lowest BCUT2D eigenvalue weighted by molar-refractivity contribution is -0.167. The van der Waals surface area contributed by atoms with Crippen LogP contribution in [0.15, 0.2) is 23.1 Å². The number of carbonyl (C=O) groups is 2. The molecule has 0 saturated carbocycles. The highest BCUT2D eigenvalue weighted by atomic mass is 32.2. The van der Waals surface area contributed by atoms with E-state index in [0.29, 0.717) is 6.07 Å². The highest BCUT2D eigenvalue weighted by Gasteiger charge is 2.39. The van der Waals surface area contributed by atoms with Crippen molar-refractivity contribution in [3.63, 3.8) is 0 Å². The lowest BCUT2D eigenvalue weighted by atomic mass is 10.2. The number of hydrogen-bond donors (Lipinski definition) is 2. The van der Waals surface area contributed by atoms with Gasteiger partial charge in [0.05, 0.1) is 16.1 Å². The maximum atomic E-state index is 12.1. The summed E-state index contributed by atoms with van der Waals surface area (Å²) in [6.07, 6.45) is -4.44. The summed E-state index contributed by atoms with van der Waals surface area (Å²) in [4.78, 5) is 21.2. The Morgan fingerprint density at radius 2 is 1.80 bits per heavy atom. The van der Waals surface area contributed by atoms with E-state index >= 15 is 0 Å². The van der Waals surface area contributed by atoms with Crippen molar-refractivity contribution in [2.45, 2.75) is 11.1 Å². The molecule has 0 atom stereocenters. The first-order valence-corrected chi connectivity index (χ1v) is 6.77. The topological polar surface area (TPSA) is 101 Å². The van der Waals surface area contributed by atoms with E-state index in [-0.39, 0.29) is 0 Å². The van der Waals surface area contributed by atoms with Gasteiger partial charge < -0.3 is 10.4 Å². The molecule has 0 unspecified atom stereocenters. The number of alkyl halides is 3. The van der Waals surface area contributed by atoms with E-state index in [9.17, 15) is 31.2 Å². The monoisotopic (exact) mass is 311 g/mol. The highest BCUT2D eigenvalue weighted by Crippen LogP contribution is 2.24. The van der Waals surface area contributed by atoms with E-state index in [1.54, 1.807) is 0 Å². The number of carboxylic acids is 1. The molecule has 1 amide bonds. The average Bonchev–Trinajstić information content (AvgIpc) is 2.25. The maximum Gasteiger partial charge on any atom is 0.471 e. The average molecular weight is 311 g/mol. The molecule has 10 heteroatoms. The molecule has 0 bridgehead atoms. The van der Waals surface area contributed by atoms with E-state index < -0.39 is 44.0 Å². The number of halogens is 3. The fourth-order valence-corrected chi connectivity index (χ4v) is 1.88. The summed E-state index contributed by atoms with van der Waals surface area (Å²) in [5.41, 5.74) is -1.40. The number of sulfone groups is 1. The summed E-state index contributed by atoms with van der Waals surface area (Å²) in [5.74, 6) is -4.01. The quantitative estimate of drug-likeness (QED) is 0.876. The van der Waals surface area contributed by atoms with Crippen LogP contribution in [-0.4, -0.2) is 37.8 Å². The van der Waals surface area contributed by atoms with Crippen molar-refractivity contribution in [1.82, 2.24) is 0 Å². The number of carbonyl (C=O) groups excluding carboxylic acids is 1. The van der Waals surface area contributed by atoms with Gasteiger partial charge in [-0.25, -0.2) is 13.2 Å². The number of carboxylic acid groups (broad SMARTS) is 1. The van der Waals surface area contributed by atoms with Crippen molar-refractivity contribution in [1.29, 1.82) is 0 Å². The maximum absolute atomic E-state index is 12.1. The number of aromatic carboxylic acids is 1. The fourth-order valence-electron chi connectivity index (χ4n) is 1.24. The van der Waals surface area contributed by atoms with Crippen LogP contribution in [-0.2, 0) is 14.6 Å². The molecule has 0 aliphatic carbocycles. The van der Waals surface area contributed by atoms with Crippen molar-refractivity contribution in [3.05, 3.63) is 23.8 Å². The summed E-state index contributed by atoms with van der Waals surface area (Å²) in [6, 6.07) is 2.37. The van der Waals surface area contributed by atoms with Crippen LogP contribution in [0, 0.1) is 0 Å². The van der Waals surface area contributed by atoms with Gasteiger partial charge in [0.2, 0.25) is 0 Å². The van der Waals surface area contributed by atoms with Gasteiger partial charge in [-0.15, -0.1) is 0 Å². The normalized spacial score (nSPS) is 12.0. The Kier molecular flexibility index (Phi) is 4.08. The van der Waals surface area contributed by atoms with Gasteiger partial charge in [0.1, 0.15) is 0 Å². The summed E-state index contributed by atoms with van der Waals surface area (Å²) in [5, 5.41) is 10.1. The minimum Gasteiger partial charge on any atom is -0.478 e. The lowest BCUT2D eigenvalue weighted by Gasteiger charge is -2.11. The number of rotatable bonds is 3. The molecule has 1 aromatic rings. The van der Waals surface area contributed by atoms with Gasteiger partial charge >= 0.3 is 18.1 Å². The number of hydrogen-bond acceptors (Lipinski definition) is 4. The Hall–Kier alpha value is -2.10. The second kappa shape index (κ2) is 5.12. The van der Waals surface area contributed by atoms with Crippen LogP contribution in [0.2, 0.25) is 0 Å². The molecular formula is C10H8F3NO5S. The number of anilines is 1. The van der Waals surface area contributed by atoms with Crippen LogP contribution in [0.4, 0.5) is 18.9 Å². The van der Waals surface area contributed by atoms with Gasteiger partial charge in [-0.1, -0.05) is 0 Å². The van der Waals surface area contributed by atoms with Crippen LogP contribution in [0.1, 0.15) is 10.4 Å². The molecule has 0 radical (unpaired) electrons. The van der Waals surface area contributed by atoms with E-state index in [2.05, 4.69) is 0 Å². The zero-order valence-corrected chi connectivity index (χ0v) is 10.7. The molecule has 6 nitrogen and oxygen atoms in total. The van der Waals surface area contributed by atoms with E-state index in [0.717, 1.165) is 18.4 Å². The molecule has 0 aromatic heterocycles. The smallest absolute Gasteiger partial charge is 0.471 e. The van der Waals surface area contributed by atoms with Crippen molar-refractivity contribution >= 4 is 27.4 Å². The predicted molar refractivity (Wildman–Crippen MR) is 61.2 cm³/mol. The molecule has 0 heterocycles. The molecule has 0 saturated heterocycles. The van der Waals surface area contributed by atoms with Gasteiger partial charge in [0.15, 0.2) is 9.84 Å². The molecule has 1 rings (SSSR count). The van der Waals surface area contributed by atoms with E-state index in [1.807, 2.05) is 0 Å². The second-order valence-corrected chi connectivity index (χ2v) is 5.75. The Bertz CT molecular complexity index is 666. The third-order valence-corrected chi connectivity index (χ3v) is 3.27. The standard InChI is InChI=1S/C10H8F3NO5S/c1-20(18,19)5-2-3-6(8(15)16)7(4-5)14-9(17)10(11,12)13/h2-4H,1H3,(H,14,17)(H,15,16). The molecular weight excluding hydrogens is 303 g/mol. The molecule has 20 heavy (non-hydrogen) atoms. The first kappa shape index (κ1) is 16.0. The van der Waals surface area contributed by atoms with Gasteiger partial charge in [-0.3, -0.25) is 4.79 Å². The minimum atomic E-state index is -5.23. The largest absolute Gasteiger partial charge is 0.478 e. The van der Waals surface area contributed by atoms with Crippen LogP contribution in [0.3, 0.4) is 0 Å². The SMILES string of the molecule is CS(=O)(=O)c1ccc(C(=O)O)c(NC(=O)C(F)(F)F)c1. The summed E-state index contributed by atoms with van der Waals surface area (Å²) >= 11 is 0. The van der Waals surface area contributed by atoms with Gasteiger partial charge in [-0.05, 0) is 18.2 Å². The van der Waals surface area contributed by atoms with Crippen LogP contribution in [0.25, 0.3) is 0 Å². The Balaban J connectivity index is 3.34. The molecule has 0 aliphatic rings. The Morgan fingerprint density at radius 1 is 1.25 bits per heavy atom. The number of benzene rings is 1. The lowest BCUT2D eigenvalue weighted by Crippen LogP contribution is -2.30. The van der Waals surface area contributed by atoms with E-state index in [4.69, 9.17) is 5.11 Å². The van der Waals surface area contributed by atoms with Crippen molar-refractivity contribution < 1.29 is 36.3 Å². The first-order valence-electron chi connectivity index (χ1n) is 4.88. The second-order valence-electron chi connectivity index (χ2n) is 3.74. The highest BCUT2D eigenvalue weighted by molar-refractivity contribution is 7.90. The van der Waals surface area contributed by atoms with Gasteiger partial charge in [0.25, 0.3) is 0 Å².